The summed E-state index contributed by atoms with van der Waals surface area (Å²) < 4.78 is 34.2. The van der Waals surface area contributed by atoms with Crippen LogP contribution in [0.1, 0.15) is 31.7 Å². The number of hydrogen-bond acceptors (Lipinski definition) is 11. The van der Waals surface area contributed by atoms with Crippen molar-refractivity contribution < 1.29 is 23.0 Å². The number of nitrogens with one attached hydrogen (secondary N) is 1. The van der Waals surface area contributed by atoms with E-state index in [1.54, 1.807) is 19.4 Å². The van der Waals surface area contributed by atoms with Crippen molar-refractivity contribution >= 4 is 43.9 Å². The van der Waals surface area contributed by atoms with Crippen LogP contribution in [0.4, 0.5) is 23.3 Å². The molecular weight excluding hydrogens is 544 g/mol. The first-order chi connectivity index (χ1) is 19.6. The lowest BCUT2D eigenvalue weighted by atomic mass is 9.93. The molecule has 0 saturated carbocycles. The number of fused-ring (bicyclic) bond motifs is 1. The van der Waals surface area contributed by atoms with Gasteiger partial charge in [0.2, 0.25) is 5.95 Å². The maximum atomic E-state index is 11.7. The number of benzene rings is 1. The molecule has 1 aromatic carbocycles. The first-order valence-electron chi connectivity index (χ1n) is 14.1. The number of pyridine rings is 1. The molecule has 11 nitrogen and oxygen atoms in total. The van der Waals surface area contributed by atoms with Gasteiger partial charge in [-0.15, -0.1) is 0 Å². The molecule has 0 amide bonds. The Labute approximate surface area is 241 Å². The molecule has 0 spiro atoms. The Morgan fingerprint density at radius 2 is 1.88 bits per heavy atom. The lowest BCUT2D eigenvalue weighted by Gasteiger charge is -2.41. The van der Waals surface area contributed by atoms with E-state index in [2.05, 4.69) is 47.2 Å². The van der Waals surface area contributed by atoms with E-state index in [-0.39, 0.29) is 17.8 Å². The van der Waals surface area contributed by atoms with Crippen LogP contribution in [0.2, 0.25) is 0 Å². The normalized spacial score (nSPS) is 20.0. The Morgan fingerprint density at radius 1 is 1.07 bits per heavy atom. The number of sulfone groups is 1. The highest BCUT2D eigenvalue weighted by Gasteiger charge is 2.31. The van der Waals surface area contributed by atoms with Crippen molar-refractivity contribution in [2.45, 2.75) is 38.4 Å². The lowest BCUT2D eigenvalue weighted by molar-refractivity contribution is -0.0593. The van der Waals surface area contributed by atoms with Gasteiger partial charge in [0, 0.05) is 68.9 Å². The summed E-state index contributed by atoms with van der Waals surface area (Å²) in [5, 5.41) is 16.1. The molecule has 2 saturated heterocycles. The third-order valence-electron chi connectivity index (χ3n) is 7.69. The average Bonchev–Trinajstić information content (AvgIpc) is 2.90. The van der Waals surface area contributed by atoms with Gasteiger partial charge in [-0.1, -0.05) is 19.9 Å². The third kappa shape index (κ3) is 7.06. The number of rotatable bonds is 11. The Kier molecular flexibility index (Phi) is 8.93. The zero-order valence-corrected chi connectivity index (χ0v) is 25.0. The predicted octanol–water partition coefficient (Wildman–Crippen LogP) is 2.98. The number of ether oxygens (including phenoxy) is 2. The summed E-state index contributed by atoms with van der Waals surface area (Å²) in [6, 6.07) is 8.14. The highest BCUT2D eigenvalue weighted by Crippen LogP contribution is 2.37. The fraction of sp³-hybridized carbons (Fsp3) is 0.552. The summed E-state index contributed by atoms with van der Waals surface area (Å²) in [7, 11) is -1.36. The molecule has 0 radical (unpaired) electrons. The molecule has 3 aromatic rings. The van der Waals surface area contributed by atoms with Gasteiger partial charge >= 0.3 is 0 Å². The monoisotopic (exact) mass is 584 g/mol. The first-order valence-corrected chi connectivity index (χ1v) is 16.2. The molecule has 4 heterocycles. The molecule has 222 valence electrons. The third-order valence-corrected chi connectivity index (χ3v) is 8.77. The maximum absolute atomic E-state index is 11.7. The van der Waals surface area contributed by atoms with E-state index >= 15 is 0 Å². The minimum Gasteiger partial charge on any atom is -0.389 e. The van der Waals surface area contributed by atoms with Gasteiger partial charge in [0.25, 0.3) is 0 Å². The van der Waals surface area contributed by atoms with Crippen molar-refractivity contribution in [3.8, 4) is 0 Å². The van der Waals surface area contributed by atoms with Crippen molar-refractivity contribution in [1.29, 1.82) is 0 Å². The summed E-state index contributed by atoms with van der Waals surface area (Å²) in [4.78, 5) is 18.0. The van der Waals surface area contributed by atoms with Crippen molar-refractivity contribution in [1.82, 2.24) is 15.0 Å². The Morgan fingerprint density at radius 3 is 2.59 bits per heavy atom. The molecule has 2 aromatic heterocycles. The molecule has 2 aliphatic rings. The second kappa shape index (κ2) is 12.4. The molecule has 41 heavy (non-hydrogen) atoms. The van der Waals surface area contributed by atoms with Crippen LogP contribution in [0.25, 0.3) is 10.8 Å². The summed E-state index contributed by atoms with van der Waals surface area (Å²) in [5.41, 5.74) is 2.29. The van der Waals surface area contributed by atoms with Crippen LogP contribution in [0.5, 0.6) is 0 Å². The number of β-amino-alcohol motifs (C(OH)–C–C–N with tert-alkyl or cyclic N) is 1. The zero-order valence-electron chi connectivity index (χ0n) is 24.2. The van der Waals surface area contributed by atoms with E-state index in [1.165, 1.54) is 11.8 Å². The van der Waals surface area contributed by atoms with Crippen LogP contribution >= 0.6 is 0 Å². The topological polar surface area (TPSA) is 130 Å². The number of methoxy groups -OCH3 is 1. The second-order valence-corrected chi connectivity index (χ2v) is 13.6. The molecule has 12 heteroatoms. The molecular formula is C29H40N6O5S. The number of nitrogens with zero attached hydrogens (tertiary/aromatic N) is 5. The Bertz CT molecular complexity index is 1460. The van der Waals surface area contributed by atoms with Crippen LogP contribution < -0.4 is 15.1 Å². The standard InChI is InChI=1S/C29H40N6O5S/c1-19(2)21-5-6-24(35-15-20(16-35)18-41(4,37)38)23-14-31-28(13-22(21)23)32-27-7-9-30-29(33-27)34-10-8-26(25(36)17-34)40-12-11-39-3/h5-7,9,13-14,19-20,25-26,36H,8,10-12,15-18H2,1-4H3,(H,30,31,32,33). The number of aliphatic hydroxyl groups is 1. The van der Waals surface area contributed by atoms with Crippen molar-refractivity contribution in [2.75, 3.05) is 73.6 Å². The highest BCUT2D eigenvalue weighted by molar-refractivity contribution is 7.90. The van der Waals surface area contributed by atoms with E-state index in [0.717, 1.165) is 29.5 Å². The second-order valence-electron chi connectivity index (χ2n) is 11.4. The fourth-order valence-corrected chi connectivity index (χ4v) is 6.73. The minimum absolute atomic E-state index is 0.153. The predicted molar refractivity (Wildman–Crippen MR) is 161 cm³/mol. The summed E-state index contributed by atoms with van der Waals surface area (Å²) in [6.07, 6.45) is 4.69. The van der Waals surface area contributed by atoms with Crippen LogP contribution in [-0.2, 0) is 19.3 Å². The van der Waals surface area contributed by atoms with Crippen molar-refractivity contribution in [2.24, 2.45) is 5.92 Å². The number of hydrogen-bond donors (Lipinski definition) is 2. The molecule has 2 fully saturated rings. The number of anilines is 4. The van der Waals surface area contributed by atoms with Crippen LogP contribution in [0.3, 0.4) is 0 Å². The van der Waals surface area contributed by atoms with Gasteiger partial charge in [0.1, 0.15) is 21.5 Å². The van der Waals surface area contributed by atoms with Crippen LogP contribution in [0.15, 0.2) is 36.7 Å². The molecule has 2 N–H and O–H groups in total. The largest absolute Gasteiger partial charge is 0.389 e. The number of aliphatic hydroxyl groups excluding tert-OH is 1. The van der Waals surface area contributed by atoms with Crippen LogP contribution in [-0.4, -0.2) is 99.2 Å². The molecule has 2 aliphatic heterocycles. The Hall–Kier alpha value is -3.06. The van der Waals surface area contributed by atoms with E-state index in [1.807, 2.05) is 11.1 Å². The van der Waals surface area contributed by atoms with Gasteiger partial charge < -0.3 is 29.7 Å². The average molecular weight is 585 g/mol. The van der Waals surface area contributed by atoms with E-state index in [9.17, 15) is 13.5 Å². The van der Waals surface area contributed by atoms with Gasteiger partial charge in [-0.2, -0.15) is 4.98 Å². The molecule has 2 atom stereocenters. The molecule has 0 bridgehead atoms. The molecule has 0 aliphatic carbocycles. The lowest BCUT2D eigenvalue weighted by Crippen LogP contribution is -2.49. The fourth-order valence-electron chi connectivity index (χ4n) is 5.66. The highest BCUT2D eigenvalue weighted by atomic mass is 32.2. The van der Waals surface area contributed by atoms with Gasteiger partial charge in [0.15, 0.2) is 0 Å². The number of aromatic nitrogens is 3. The van der Waals surface area contributed by atoms with E-state index < -0.39 is 15.9 Å². The summed E-state index contributed by atoms with van der Waals surface area (Å²) >= 11 is 0. The molecule has 5 rings (SSSR count). The Balaban J connectivity index is 1.31. The van der Waals surface area contributed by atoms with Gasteiger partial charge in [-0.25, -0.2) is 18.4 Å². The van der Waals surface area contributed by atoms with Crippen molar-refractivity contribution in [3.63, 3.8) is 0 Å². The summed E-state index contributed by atoms with van der Waals surface area (Å²) in [5.74, 6) is 2.51. The number of piperidine rings is 1. The van der Waals surface area contributed by atoms with Gasteiger partial charge in [0.05, 0.1) is 31.2 Å². The van der Waals surface area contributed by atoms with Crippen LogP contribution in [0, 0.1) is 5.92 Å². The SMILES string of the molecule is COCCOC1CCN(c2nccc(Nc3cc4c(C(C)C)ccc(N5CC(CS(C)(=O)=O)C5)c4cn3)n2)CC1O. The molecule has 2 unspecified atom stereocenters. The zero-order chi connectivity index (χ0) is 29.1. The first kappa shape index (κ1) is 29.4. The minimum atomic E-state index is -2.99. The quantitative estimate of drug-likeness (QED) is 0.323. The van der Waals surface area contributed by atoms with Crippen molar-refractivity contribution in [3.05, 3.63) is 42.2 Å². The van der Waals surface area contributed by atoms with E-state index in [0.29, 0.717) is 56.2 Å². The van der Waals surface area contributed by atoms with Gasteiger partial charge in [-0.3, -0.25) is 0 Å². The smallest absolute Gasteiger partial charge is 0.227 e. The van der Waals surface area contributed by atoms with E-state index in [4.69, 9.17) is 19.4 Å². The van der Waals surface area contributed by atoms with Gasteiger partial charge in [-0.05, 0) is 41.5 Å². The maximum Gasteiger partial charge on any atom is 0.227 e. The summed E-state index contributed by atoms with van der Waals surface area (Å²) in [6.45, 7) is 7.79.